The number of hydrogen-bond donors (Lipinski definition) is 2. The summed E-state index contributed by atoms with van der Waals surface area (Å²) in [5, 5.41) is 22.5. The van der Waals surface area contributed by atoms with E-state index in [1.54, 1.807) is 18.2 Å². The van der Waals surface area contributed by atoms with Crippen molar-refractivity contribution in [3.8, 4) is 6.07 Å². The minimum absolute atomic E-state index is 0.0177. The zero-order valence-electron chi connectivity index (χ0n) is 9.95. The fourth-order valence-corrected chi connectivity index (χ4v) is 2.26. The Hall–Kier alpha value is -1.28. The van der Waals surface area contributed by atoms with Crippen molar-refractivity contribution < 1.29 is 9.84 Å². The minimum Gasteiger partial charge on any atom is -0.394 e. The number of halogens is 1. The van der Waals surface area contributed by atoms with E-state index in [9.17, 15) is 5.11 Å². The second kappa shape index (κ2) is 5.57. The highest BCUT2D eigenvalue weighted by Gasteiger charge is 2.32. The van der Waals surface area contributed by atoms with Crippen LogP contribution >= 0.6 is 11.6 Å². The number of hydrogen-bond acceptors (Lipinski definition) is 4. The molecule has 0 bridgehead atoms. The number of nitrogens with one attached hydrogen (secondary N) is 1. The zero-order valence-corrected chi connectivity index (χ0v) is 10.7. The first-order chi connectivity index (χ1) is 8.69. The van der Waals surface area contributed by atoms with Crippen LogP contribution in [-0.4, -0.2) is 30.5 Å². The molecule has 1 heterocycles. The number of nitriles is 1. The smallest absolute Gasteiger partial charge is 0.101 e. The van der Waals surface area contributed by atoms with E-state index in [1.807, 2.05) is 0 Å². The molecule has 0 aromatic heterocycles. The molecule has 0 spiro atoms. The van der Waals surface area contributed by atoms with Gasteiger partial charge in [-0.25, -0.2) is 0 Å². The first kappa shape index (κ1) is 13.2. The van der Waals surface area contributed by atoms with Crippen LogP contribution < -0.4 is 5.32 Å². The van der Waals surface area contributed by atoms with Crippen molar-refractivity contribution in [1.82, 2.24) is 0 Å². The number of benzene rings is 1. The molecule has 1 aromatic rings. The maximum absolute atomic E-state index is 9.59. The monoisotopic (exact) mass is 266 g/mol. The van der Waals surface area contributed by atoms with E-state index in [0.717, 1.165) is 12.8 Å². The number of aliphatic hydroxyl groups excluding tert-OH is 1. The molecule has 1 aromatic carbocycles. The fourth-order valence-electron chi connectivity index (χ4n) is 2.09. The largest absolute Gasteiger partial charge is 0.394 e. The van der Waals surface area contributed by atoms with Gasteiger partial charge in [-0.3, -0.25) is 0 Å². The lowest BCUT2D eigenvalue weighted by Crippen LogP contribution is -2.47. The van der Waals surface area contributed by atoms with Gasteiger partial charge < -0.3 is 15.2 Å². The summed E-state index contributed by atoms with van der Waals surface area (Å²) in [5.41, 5.74) is 0.789. The summed E-state index contributed by atoms with van der Waals surface area (Å²) in [6.45, 7) is 1.25. The van der Waals surface area contributed by atoms with Crippen LogP contribution in [0.4, 0.5) is 5.69 Å². The second-order valence-corrected chi connectivity index (χ2v) is 4.91. The van der Waals surface area contributed by atoms with E-state index in [-0.39, 0.29) is 6.61 Å². The number of aliphatic hydroxyl groups is 1. The van der Waals surface area contributed by atoms with E-state index in [1.165, 1.54) is 0 Å². The van der Waals surface area contributed by atoms with Gasteiger partial charge in [0.25, 0.3) is 0 Å². The molecular weight excluding hydrogens is 252 g/mol. The van der Waals surface area contributed by atoms with Crippen molar-refractivity contribution in [2.45, 2.75) is 18.4 Å². The highest BCUT2D eigenvalue weighted by Crippen LogP contribution is 2.28. The molecule has 0 radical (unpaired) electrons. The van der Waals surface area contributed by atoms with Crippen molar-refractivity contribution in [3.63, 3.8) is 0 Å². The van der Waals surface area contributed by atoms with Gasteiger partial charge in [-0.15, -0.1) is 0 Å². The van der Waals surface area contributed by atoms with Crippen LogP contribution in [0.5, 0.6) is 0 Å². The first-order valence-electron chi connectivity index (χ1n) is 5.85. The Balaban J connectivity index is 2.24. The number of rotatable bonds is 3. The third-order valence-electron chi connectivity index (χ3n) is 3.25. The van der Waals surface area contributed by atoms with E-state index < -0.39 is 5.54 Å². The highest BCUT2D eigenvalue weighted by atomic mass is 35.5. The van der Waals surface area contributed by atoms with Crippen LogP contribution in [0, 0.1) is 11.3 Å². The Morgan fingerprint density at radius 2 is 2.17 bits per heavy atom. The average Bonchev–Trinajstić information content (AvgIpc) is 2.42. The molecule has 1 fully saturated rings. The van der Waals surface area contributed by atoms with Crippen LogP contribution in [0.1, 0.15) is 18.4 Å². The molecule has 0 atom stereocenters. The van der Waals surface area contributed by atoms with Gasteiger partial charge in [0.05, 0.1) is 23.4 Å². The zero-order chi connectivity index (χ0) is 13.0. The summed E-state index contributed by atoms with van der Waals surface area (Å²) >= 11 is 5.86. The molecular formula is C13H15ClN2O2. The van der Waals surface area contributed by atoms with Gasteiger partial charge in [-0.2, -0.15) is 5.26 Å². The summed E-state index contributed by atoms with van der Waals surface area (Å²) in [7, 11) is 0. The minimum atomic E-state index is -0.405. The Morgan fingerprint density at radius 1 is 1.44 bits per heavy atom. The molecule has 5 heteroatoms. The van der Waals surface area contributed by atoms with E-state index in [0.29, 0.717) is 29.5 Å². The summed E-state index contributed by atoms with van der Waals surface area (Å²) in [6, 6.07) is 7.23. The Kier molecular flexibility index (Phi) is 4.07. The normalized spacial score (nSPS) is 18.1. The van der Waals surface area contributed by atoms with E-state index >= 15 is 0 Å². The molecule has 0 amide bonds. The molecule has 4 nitrogen and oxygen atoms in total. The van der Waals surface area contributed by atoms with Gasteiger partial charge in [0.2, 0.25) is 0 Å². The van der Waals surface area contributed by atoms with Crippen LogP contribution in [0.2, 0.25) is 5.02 Å². The first-order valence-corrected chi connectivity index (χ1v) is 6.23. The van der Waals surface area contributed by atoms with Crippen molar-refractivity contribution >= 4 is 17.3 Å². The quantitative estimate of drug-likeness (QED) is 0.880. The summed E-state index contributed by atoms with van der Waals surface area (Å²) in [4.78, 5) is 0. The molecule has 0 saturated carbocycles. The lowest BCUT2D eigenvalue weighted by molar-refractivity contribution is 0.0380. The van der Waals surface area contributed by atoms with Gasteiger partial charge in [-0.05, 0) is 31.0 Å². The maximum Gasteiger partial charge on any atom is 0.101 e. The molecule has 2 N–H and O–H groups in total. The SMILES string of the molecule is N#Cc1cc(Cl)ccc1NC1(CO)CCOCC1. The summed E-state index contributed by atoms with van der Waals surface area (Å²) < 4.78 is 5.30. The molecule has 0 unspecified atom stereocenters. The molecule has 18 heavy (non-hydrogen) atoms. The molecule has 1 aliphatic heterocycles. The number of anilines is 1. The molecule has 1 saturated heterocycles. The predicted octanol–water partition coefficient (Wildman–Crippen LogP) is 2.17. The lowest BCUT2D eigenvalue weighted by Gasteiger charge is -2.37. The van der Waals surface area contributed by atoms with Crippen molar-refractivity contribution in [1.29, 1.82) is 5.26 Å². The van der Waals surface area contributed by atoms with Crippen molar-refractivity contribution in [2.75, 3.05) is 25.1 Å². The van der Waals surface area contributed by atoms with Gasteiger partial charge in [-0.1, -0.05) is 11.6 Å². The standard InChI is InChI=1S/C13H15ClN2O2/c14-11-1-2-12(10(7-11)8-15)16-13(9-17)3-5-18-6-4-13/h1-2,7,16-17H,3-6,9H2. The lowest BCUT2D eigenvalue weighted by atomic mass is 9.90. The van der Waals surface area contributed by atoms with Crippen molar-refractivity contribution in [2.24, 2.45) is 0 Å². The fraction of sp³-hybridized carbons (Fsp3) is 0.462. The van der Waals surface area contributed by atoms with E-state index in [4.69, 9.17) is 21.6 Å². The predicted molar refractivity (Wildman–Crippen MR) is 69.7 cm³/mol. The van der Waals surface area contributed by atoms with Gasteiger partial charge in [0.15, 0.2) is 0 Å². The third kappa shape index (κ3) is 2.75. The van der Waals surface area contributed by atoms with Crippen LogP contribution in [0.15, 0.2) is 18.2 Å². The summed E-state index contributed by atoms with van der Waals surface area (Å²) in [5.74, 6) is 0. The highest BCUT2D eigenvalue weighted by molar-refractivity contribution is 6.30. The van der Waals surface area contributed by atoms with Crippen molar-refractivity contribution in [3.05, 3.63) is 28.8 Å². The molecule has 1 aliphatic rings. The van der Waals surface area contributed by atoms with Crippen LogP contribution in [0.25, 0.3) is 0 Å². The number of ether oxygens (including phenoxy) is 1. The molecule has 0 aliphatic carbocycles. The third-order valence-corrected chi connectivity index (χ3v) is 3.49. The molecule has 96 valence electrons. The maximum atomic E-state index is 9.59. The topological polar surface area (TPSA) is 65.3 Å². The van der Waals surface area contributed by atoms with Gasteiger partial charge in [0, 0.05) is 18.2 Å². The Labute approximate surface area is 111 Å². The van der Waals surface area contributed by atoms with Crippen LogP contribution in [0.3, 0.4) is 0 Å². The Morgan fingerprint density at radius 3 is 2.78 bits per heavy atom. The second-order valence-electron chi connectivity index (χ2n) is 4.48. The Bertz CT molecular complexity index is 465. The average molecular weight is 267 g/mol. The summed E-state index contributed by atoms with van der Waals surface area (Å²) in [6.07, 6.45) is 1.44. The van der Waals surface area contributed by atoms with E-state index in [2.05, 4.69) is 11.4 Å². The number of nitrogens with zero attached hydrogens (tertiary/aromatic N) is 1. The van der Waals surface area contributed by atoms with Gasteiger partial charge >= 0.3 is 0 Å². The van der Waals surface area contributed by atoms with Gasteiger partial charge in [0.1, 0.15) is 6.07 Å². The molecule has 2 rings (SSSR count). The van der Waals surface area contributed by atoms with Crippen LogP contribution in [-0.2, 0) is 4.74 Å².